The third kappa shape index (κ3) is 3.11. The molecule has 2 heterocycles. The molecule has 1 fully saturated rings. The van der Waals surface area contributed by atoms with Crippen LogP contribution in [-0.2, 0) is 0 Å². The van der Waals surface area contributed by atoms with Crippen molar-refractivity contribution in [2.45, 2.75) is 38.8 Å². The zero-order chi connectivity index (χ0) is 12.3. The van der Waals surface area contributed by atoms with Crippen LogP contribution in [0.1, 0.15) is 26.7 Å². The topological polar surface area (TPSA) is 28.2 Å². The fraction of sp³-hybridized carbons (Fsp3) is 0.615. The molecule has 17 heavy (non-hydrogen) atoms. The number of pyridine rings is 1. The highest BCUT2D eigenvalue weighted by Crippen LogP contribution is 2.26. The van der Waals surface area contributed by atoms with Crippen LogP contribution in [0.2, 0.25) is 5.02 Å². The first kappa shape index (κ1) is 12.7. The second-order valence-corrected chi connectivity index (χ2v) is 5.27. The molecule has 0 aliphatic carbocycles. The standard InChI is InChI=1S/C13H20ClN3/c1-10(2)17(9-11-4-3-6-16-11)13-5-7-15-8-12(13)14/h5,7-8,10-11,16H,3-4,6,9H2,1-2H3. The molecule has 94 valence electrons. The highest BCUT2D eigenvalue weighted by atomic mass is 35.5. The van der Waals surface area contributed by atoms with E-state index in [-0.39, 0.29) is 0 Å². The van der Waals surface area contributed by atoms with Crippen molar-refractivity contribution >= 4 is 17.3 Å². The zero-order valence-corrected chi connectivity index (χ0v) is 11.2. The van der Waals surface area contributed by atoms with E-state index < -0.39 is 0 Å². The first-order valence-electron chi connectivity index (χ1n) is 6.28. The first-order valence-corrected chi connectivity index (χ1v) is 6.66. The molecule has 0 bridgehead atoms. The van der Waals surface area contributed by atoms with E-state index in [2.05, 4.69) is 29.0 Å². The van der Waals surface area contributed by atoms with Crippen LogP contribution in [0.5, 0.6) is 0 Å². The van der Waals surface area contributed by atoms with Gasteiger partial charge in [-0.05, 0) is 39.3 Å². The number of hydrogen-bond acceptors (Lipinski definition) is 3. The monoisotopic (exact) mass is 253 g/mol. The summed E-state index contributed by atoms with van der Waals surface area (Å²) in [5.74, 6) is 0. The van der Waals surface area contributed by atoms with Crippen molar-refractivity contribution in [3.63, 3.8) is 0 Å². The highest BCUT2D eigenvalue weighted by Gasteiger charge is 2.21. The smallest absolute Gasteiger partial charge is 0.0822 e. The average molecular weight is 254 g/mol. The second kappa shape index (κ2) is 5.69. The maximum atomic E-state index is 6.22. The molecule has 1 N–H and O–H groups in total. The van der Waals surface area contributed by atoms with Gasteiger partial charge in [-0.1, -0.05) is 11.6 Å². The minimum absolute atomic E-state index is 0.442. The van der Waals surface area contributed by atoms with Crippen LogP contribution in [0.3, 0.4) is 0 Å². The van der Waals surface area contributed by atoms with E-state index in [9.17, 15) is 0 Å². The van der Waals surface area contributed by atoms with Crippen LogP contribution >= 0.6 is 11.6 Å². The summed E-state index contributed by atoms with van der Waals surface area (Å²) in [5, 5.41) is 4.27. The zero-order valence-electron chi connectivity index (χ0n) is 10.5. The van der Waals surface area contributed by atoms with Gasteiger partial charge in [0, 0.05) is 31.0 Å². The van der Waals surface area contributed by atoms with Crippen molar-refractivity contribution in [1.29, 1.82) is 0 Å². The van der Waals surface area contributed by atoms with Gasteiger partial charge in [-0.15, -0.1) is 0 Å². The molecule has 1 aliphatic rings. The molecule has 3 nitrogen and oxygen atoms in total. The van der Waals surface area contributed by atoms with E-state index in [1.807, 2.05) is 6.07 Å². The normalized spacial score (nSPS) is 19.9. The summed E-state index contributed by atoms with van der Waals surface area (Å²) >= 11 is 6.22. The van der Waals surface area contributed by atoms with Gasteiger partial charge in [0.25, 0.3) is 0 Å². The van der Waals surface area contributed by atoms with E-state index in [1.165, 1.54) is 12.8 Å². The van der Waals surface area contributed by atoms with Crippen molar-refractivity contribution in [1.82, 2.24) is 10.3 Å². The van der Waals surface area contributed by atoms with Crippen LogP contribution in [0, 0.1) is 0 Å². The summed E-state index contributed by atoms with van der Waals surface area (Å²) in [4.78, 5) is 6.40. The summed E-state index contributed by atoms with van der Waals surface area (Å²) in [6.45, 7) is 6.56. The predicted octanol–water partition coefficient (Wildman–Crippen LogP) is 2.70. The molecular weight excluding hydrogens is 234 g/mol. The second-order valence-electron chi connectivity index (χ2n) is 4.87. The van der Waals surface area contributed by atoms with Crippen LogP contribution in [0.4, 0.5) is 5.69 Å². The summed E-state index contributed by atoms with van der Waals surface area (Å²) in [7, 11) is 0. The number of nitrogens with one attached hydrogen (secondary N) is 1. The minimum atomic E-state index is 0.442. The third-order valence-electron chi connectivity index (χ3n) is 3.26. The SMILES string of the molecule is CC(C)N(CC1CCCN1)c1ccncc1Cl. The molecule has 1 aliphatic heterocycles. The molecule has 1 aromatic heterocycles. The summed E-state index contributed by atoms with van der Waals surface area (Å²) in [6, 6.07) is 3.02. The molecule has 0 spiro atoms. The Bertz CT molecular complexity index is 361. The molecule has 1 aromatic rings. The fourth-order valence-electron chi connectivity index (χ4n) is 2.34. The van der Waals surface area contributed by atoms with Crippen molar-refractivity contribution in [2.75, 3.05) is 18.0 Å². The van der Waals surface area contributed by atoms with Gasteiger partial charge < -0.3 is 10.2 Å². The maximum absolute atomic E-state index is 6.22. The van der Waals surface area contributed by atoms with Gasteiger partial charge in [0.15, 0.2) is 0 Å². The molecule has 0 amide bonds. The molecule has 1 saturated heterocycles. The van der Waals surface area contributed by atoms with E-state index in [1.54, 1.807) is 12.4 Å². The Morgan fingerprint density at radius 3 is 3.00 bits per heavy atom. The van der Waals surface area contributed by atoms with Gasteiger partial charge in [-0.3, -0.25) is 4.98 Å². The quantitative estimate of drug-likeness (QED) is 0.894. The number of hydrogen-bond donors (Lipinski definition) is 1. The van der Waals surface area contributed by atoms with Gasteiger partial charge in [0.05, 0.1) is 10.7 Å². The van der Waals surface area contributed by atoms with Crippen LogP contribution in [0.25, 0.3) is 0 Å². The van der Waals surface area contributed by atoms with Crippen molar-refractivity contribution in [3.05, 3.63) is 23.5 Å². The van der Waals surface area contributed by atoms with Gasteiger partial charge >= 0.3 is 0 Å². The lowest BCUT2D eigenvalue weighted by atomic mass is 10.1. The van der Waals surface area contributed by atoms with Crippen LogP contribution < -0.4 is 10.2 Å². The Hall–Kier alpha value is -0.800. The molecule has 2 rings (SSSR count). The lowest BCUT2D eigenvalue weighted by Crippen LogP contribution is -2.41. The Morgan fingerprint density at radius 1 is 1.59 bits per heavy atom. The third-order valence-corrected chi connectivity index (χ3v) is 3.55. The summed E-state index contributed by atoms with van der Waals surface area (Å²) in [6.07, 6.45) is 6.06. The van der Waals surface area contributed by atoms with Gasteiger partial charge in [0.2, 0.25) is 0 Å². The van der Waals surface area contributed by atoms with Gasteiger partial charge in [0.1, 0.15) is 0 Å². The predicted molar refractivity (Wildman–Crippen MR) is 72.8 cm³/mol. The number of anilines is 1. The van der Waals surface area contributed by atoms with E-state index >= 15 is 0 Å². The summed E-state index contributed by atoms with van der Waals surface area (Å²) in [5.41, 5.74) is 1.09. The summed E-state index contributed by atoms with van der Waals surface area (Å²) < 4.78 is 0. The molecule has 4 heteroatoms. The fourth-order valence-corrected chi connectivity index (χ4v) is 2.57. The van der Waals surface area contributed by atoms with E-state index in [0.717, 1.165) is 23.8 Å². The first-order chi connectivity index (χ1) is 8.18. The minimum Gasteiger partial charge on any atom is -0.366 e. The molecule has 0 aromatic carbocycles. The maximum Gasteiger partial charge on any atom is 0.0822 e. The highest BCUT2D eigenvalue weighted by molar-refractivity contribution is 6.33. The molecule has 1 atom stereocenters. The Labute approximate surface area is 108 Å². The van der Waals surface area contributed by atoms with Gasteiger partial charge in [-0.2, -0.15) is 0 Å². The van der Waals surface area contributed by atoms with Gasteiger partial charge in [-0.25, -0.2) is 0 Å². The Morgan fingerprint density at radius 2 is 2.41 bits per heavy atom. The Balaban J connectivity index is 2.14. The molecule has 0 saturated carbocycles. The number of aromatic nitrogens is 1. The lowest BCUT2D eigenvalue weighted by Gasteiger charge is -2.32. The lowest BCUT2D eigenvalue weighted by molar-refractivity contribution is 0.553. The van der Waals surface area contributed by atoms with E-state index in [4.69, 9.17) is 11.6 Å². The molecule has 0 radical (unpaired) electrons. The largest absolute Gasteiger partial charge is 0.366 e. The van der Waals surface area contributed by atoms with Crippen LogP contribution in [0.15, 0.2) is 18.5 Å². The number of halogens is 1. The average Bonchev–Trinajstić information content (AvgIpc) is 2.79. The van der Waals surface area contributed by atoms with Crippen molar-refractivity contribution in [3.8, 4) is 0 Å². The van der Waals surface area contributed by atoms with Crippen molar-refractivity contribution in [2.24, 2.45) is 0 Å². The van der Waals surface area contributed by atoms with Crippen LogP contribution in [-0.4, -0.2) is 30.2 Å². The molecule has 1 unspecified atom stereocenters. The Kier molecular flexibility index (Phi) is 4.24. The van der Waals surface area contributed by atoms with E-state index in [0.29, 0.717) is 12.1 Å². The number of nitrogens with zero attached hydrogens (tertiary/aromatic N) is 2. The number of rotatable bonds is 4. The molecular formula is C13H20ClN3. The van der Waals surface area contributed by atoms with Crippen molar-refractivity contribution < 1.29 is 0 Å².